The van der Waals surface area contributed by atoms with Gasteiger partial charge in [0.1, 0.15) is 6.04 Å². The number of carbonyl (C=O) groups is 2. The van der Waals surface area contributed by atoms with E-state index in [4.69, 9.17) is 11.6 Å². The van der Waals surface area contributed by atoms with Crippen LogP contribution < -0.4 is 5.32 Å². The van der Waals surface area contributed by atoms with E-state index in [0.717, 1.165) is 36.8 Å². The Morgan fingerprint density at radius 1 is 1.07 bits per heavy atom. The molecule has 0 spiro atoms. The fourth-order valence-electron chi connectivity index (χ4n) is 3.68. The number of carbonyl (C=O) groups excluding carboxylic acids is 2. The number of hydrogen-bond donors (Lipinski definition) is 1. The van der Waals surface area contributed by atoms with Crippen LogP contribution in [0.15, 0.2) is 54.6 Å². The lowest BCUT2D eigenvalue weighted by molar-refractivity contribution is -0.140. The van der Waals surface area contributed by atoms with Gasteiger partial charge in [-0.1, -0.05) is 66.9 Å². The van der Waals surface area contributed by atoms with Gasteiger partial charge in [-0.3, -0.25) is 9.59 Å². The summed E-state index contributed by atoms with van der Waals surface area (Å²) in [5.41, 5.74) is 1.85. The van der Waals surface area contributed by atoms with Crippen LogP contribution in [0.5, 0.6) is 0 Å². The summed E-state index contributed by atoms with van der Waals surface area (Å²) >= 11 is 6.11. The molecule has 2 aromatic rings. The summed E-state index contributed by atoms with van der Waals surface area (Å²) in [5, 5.41) is 3.74. The first-order valence-electron chi connectivity index (χ1n) is 9.91. The normalized spacial score (nSPS) is 15.2. The highest BCUT2D eigenvalue weighted by atomic mass is 35.5. The Morgan fingerprint density at radius 3 is 2.43 bits per heavy atom. The summed E-state index contributed by atoms with van der Waals surface area (Å²) in [7, 11) is 0. The van der Waals surface area contributed by atoms with Crippen molar-refractivity contribution in [2.75, 3.05) is 0 Å². The molecule has 0 heterocycles. The van der Waals surface area contributed by atoms with E-state index in [1.807, 2.05) is 48.5 Å². The predicted molar refractivity (Wildman–Crippen MR) is 112 cm³/mol. The van der Waals surface area contributed by atoms with Gasteiger partial charge < -0.3 is 10.2 Å². The second kappa shape index (κ2) is 9.74. The van der Waals surface area contributed by atoms with E-state index < -0.39 is 6.04 Å². The number of halogens is 1. The molecule has 1 saturated carbocycles. The minimum atomic E-state index is -0.546. The SMILES string of the molecule is C[C@@H](C(=O)NC1CCCC1)N(Cc1cccc(Cl)c1)C(=O)Cc1ccccc1. The number of hydrogen-bond acceptors (Lipinski definition) is 2. The fraction of sp³-hybridized carbons (Fsp3) is 0.391. The smallest absolute Gasteiger partial charge is 0.242 e. The van der Waals surface area contributed by atoms with Crippen molar-refractivity contribution in [3.05, 3.63) is 70.7 Å². The molecule has 1 aliphatic carbocycles. The molecule has 0 saturated heterocycles. The molecule has 4 nitrogen and oxygen atoms in total. The van der Waals surface area contributed by atoms with Crippen molar-refractivity contribution in [2.45, 2.75) is 57.7 Å². The lowest BCUT2D eigenvalue weighted by Gasteiger charge is -2.30. The second-order valence-electron chi connectivity index (χ2n) is 7.48. The molecule has 3 rings (SSSR count). The van der Waals surface area contributed by atoms with E-state index in [1.165, 1.54) is 0 Å². The molecular formula is C23H27ClN2O2. The maximum atomic E-state index is 13.1. The predicted octanol–water partition coefficient (Wildman–Crippen LogP) is 4.36. The fourth-order valence-corrected chi connectivity index (χ4v) is 3.89. The first-order chi connectivity index (χ1) is 13.5. The van der Waals surface area contributed by atoms with E-state index in [2.05, 4.69) is 5.32 Å². The minimum absolute atomic E-state index is 0.0692. The van der Waals surface area contributed by atoms with Crippen LogP contribution in [0.3, 0.4) is 0 Å². The van der Waals surface area contributed by atoms with E-state index in [9.17, 15) is 9.59 Å². The van der Waals surface area contributed by atoms with Gasteiger partial charge in [-0.15, -0.1) is 0 Å². The minimum Gasteiger partial charge on any atom is -0.352 e. The molecule has 28 heavy (non-hydrogen) atoms. The number of rotatable bonds is 7. The van der Waals surface area contributed by atoms with Gasteiger partial charge >= 0.3 is 0 Å². The van der Waals surface area contributed by atoms with E-state index in [0.29, 0.717) is 11.6 Å². The van der Waals surface area contributed by atoms with E-state index >= 15 is 0 Å². The molecule has 0 aromatic heterocycles. The maximum absolute atomic E-state index is 13.1. The Bertz CT molecular complexity index is 803. The Morgan fingerprint density at radius 2 is 1.75 bits per heavy atom. The van der Waals surface area contributed by atoms with Gasteiger partial charge in [0.2, 0.25) is 11.8 Å². The molecule has 0 radical (unpaired) electrons. The molecule has 1 N–H and O–H groups in total. The molecule has 1 aliphatic rings. The first kappa shape index (κ1) is 20.4. The molecule has 2 aromatic carbocycles. The van der Waals surface area contributed by atoms with E-state index in [1.54, 1.807) is 17.9 Å². The van der Waals surface area contributed by atoms with Crippen molar-refractivity contribution in [3.63, 3.8) is 0 Å². The standard InChI is InChI=1S/C23H27ClN2O2/c1-17(23(28)25-21-12-5-6-13-21)26(16-19-10-7-11-20(24)14-19)22(27)15-18-8-3-2-4-9-18/h2-4,7-11,14,17,21H,5-6,12-13,15-16H2,1H3,(H,25,28)/t17-/m0/s1. The van der Waals surface area contributed by atoms with Gasteiger partial charge in [0, 0.05) is 17.6 Å². The van der Waals surface area contributed by atoms with Crippen molar-refractivity contribution < 1.29 is 9.59 Å². The quantitative estimate of drug-likeness (QED) is 0.753. The monoisotopic (exact) mass is 398 g/mol. The third kappa shape index (κ3) is 5.59. The van der Waals surface area contributed by atoms with Crippen molar-refractivity contribution >= 4 is 23.4 Å². The topological polar surface area (TPSA) is 49.4 Å². The van der Waals surface area contributed by atoms with Gasteiger partial charge in [0.05, 0.1) is 6.42 Å². The highest BCUT2D eigenvalue weighted by Gasteiger charge is 2.28. The zero-order chi connectivity index (χ0) is 19.9. The molecule has 0 unspecified atom stereocenters. The van der Waals surface area contributed by atoms with Crippen molar-refractivity contribution in [2.24, 2.45) is 0 Å². The highest BCUT2D eigenvalue weighted by Crippen LogP contribution is 2.19. The lowest BCUT2D eigenvalue weighted by Crippen LogP contribution is -2.50. The van der Waals surface area contributed by atoms with Gasteiger partial charge in [0.25, 0.3) is 0 Å². The number of amides is 2. The van der Waals surface area contributed by atoms with Crippen LogP contribution in [0.4, 0.5) is 0 Å². The number of nitrogens with zero attached hydrogens (tertiary/aromatic N) is 1. The van der Waals surface area contributed by atoms with Crippen LogP contribution >= 0.6 is 11.6 Å². The van der Waals surface area contributed by atoms with Crippen LogP contribution in [-0.4, -0.2) is 28.8 Å². The summed E-state index contributed by atoms with van der Waals surface area (Å²) in [5.74, 6) is -0.157. The molecule has 0 bridgehead atoms. The Kier molecular flexibility index (Phi) is 7.10. The Hall–Kier alpha value is -2.33. The summed E-state index contributed by atoms with van der Waals surface area (Å²) in [6.07, 6.45) is 4.61. The summed E-state index contributed by atoms with van der Waals surface area (Å²) in [6.45, 7) is 2.16. The van der Waals surface area contributed by atoms with Gasteiger partial charge in [-0.25, -0.2) is 0 Å². The number of benzene rings is 2. The Labute approximate surface area is 171 Å². The first-order valence-corrected chi connectivity index (χ1v) is 10.3. The molecule has 0 aliphatic heterocycles. The molecule has 1 fully saturated rings. The van der Waals surface area contributed by atoms with Crippen LogP contribution in [0.1, 0.15) is 43.7 Å². The van der Waals surface area contributed by atoms with Crippen LogP contribution in [0.25, 0.3) is 0 Å². The lowest BCUT2D eigenvalue weighted by atomic mass is 10.1. The Balaban J connectivity index is 1.76. The zero-order valence-corrected chi connectivity index (χ0v) is 17.0. The summed E-state index contributed by atoms with van der Waals surface area (Å²) in [4.78, 5) is 27.6. The number of nitrogens with one attached hydrogen (secondary N) is 1. The van der Waals surface area contributed by atoms with E-state index in [-0.39, 0.29) is 24.3 Å². The zero-order valence-electron chi connectivity index (χ0n) is 16.2. The summed E-state index contributed by atoms with van der Waals surface area (Å²) in [6, 6.07) is 16.7. The third-order valence-electron chi connectivity index (χ3n) is 5.31. The van der Waals surface area contributed by atoms with Gasteiger partial charge in [-0.05, 0) is 43.0 Å². The van der Waals surface area contributed by atoms with Crippen LogP contribution in [-0.2, 0) is 22.6 Å². The molecule has 1 atom stereocenters. The third-order valence-corrected chi connectivity index (χ3v) is 5.54. The average Bonchev–Trinajstić information content (AvgIpc) is 3.19. The van der Waals surface area contributed by atoms with Crippen molar-refractivity contribution in [3.8, 4) is 0 Å². The molecule has 5 heteroatoms. The van der Waals surface area contributed by atoms with Crippen molar-refractivity contribution in [1.82, 2.24) is 10.2 Å². The average molecular weight is 399 g/mol. The molecule has 2 amide bonds. The summed E-state index contributed by atoms with van der Waals surface area (Å²) < 4.78 is 0. The highest BCUT2D eigenvalue weighted by molar-refractivity contribution is 6.30. The van der Waals surface area contributed by atoms with Crippen molar-refractivity contribution in [1.29, 1.82) is 0 Å². The van der Waals surface area contributed by atoms with Gasteiger partial charge in [-0.2, -0.15) is 0 Å². The second-order valence-corrected chi connectivity index (χ2v) is 7.92. The van der Waals surface area contributed by atoms with Crippen LogP contribution in [0.2, 0.25) is 5.02 Å². The van der Waals surface area contributed by atoms with Crippen LogP contribution in [0, 0.1) is 0 Å². The maximum Gasteiger partial charge on any atom is 0.242 e. The largest absolute Gasteiger partial charge is 0.352 e. The molecular weight excluding hydrogens is 372 g/mol. The van der Waals surface area contributed by atoms with Gasteiger partial charge in [0.15, 0.2) is 0 Å². The molecule has 148 valence electrons.